The number of anilines is 1. The monoisotopic (exact) mass is 305 g/mol. The van der Waals surface area contributed by atoms with E-state index in [1.165, 1.54) is 11.3 Å². The quantitative estimate of drug-likeness (QED) is 0.856. The van der Waals surface area contributed by atoms with Gasteiger partial charge in [0.2, 0.25) is 5.91 Å². The van der Waals surface area contributed by atoms with Gasteiger partial charge in [0, 0.05) is 0 Å². The van der Waals surface area contributed by atoms with Gasteiger partial charge in [-0.25, -0.2) is 4.98 Å². The number of nitrogens with zero attached hydrogens (tertiary/aromatic N) is 1. The van der Waals surface area contributed by atoms with Crippen molar-refractivity contribution in [3.05, 3.63) is 24.3 Å². The lowest BCUT2D eigenvalue weighted by atomic mass is 9.62. The fourth-order valence-electron chi connectivity index (χ4n) is 2.77. The minimum atomic E-state index is -0.688. The van der Waals surface area contributed by atoms with E-state index in [-0.39, 0.29) is 10.9 Å². The summed E-state index contributed by atoms with van der Waals surface area (Å²) >= 11 is 6.55. The van der Waals surface area contributed by atoms with Crippen molar-refractivity contribution in [2.24, 2.45) is 17.1 Å². The van der Waals surface area contributed by atoms with Crippen LogP contribution in [0, 0.1) is 11.3 Å². The maximum absolute atomic E-state index is 12.5. The van der Waals surface area contributed by atoms with Crippen LogP contribution in [0.25, 0.3) is 10.2 Å². The number of thiocarbonyl (C=S) groups is 1. The second-order valence-electron chi connectivity index (χ2n) is 5.40. The first-order valence-corrected chi connectivity index (χ1v) is 7.71. The predicted molar refractivity (Wildman–Crippen MR) is 85.9 cm³/mol. The summed E-state index contributed by atoms with van der Waals surface area (Å²) < 4.78 is 1.05. The van der Waals surface area contributed by atoms with Crippen LogP contribution in [0.2, 0.25) is 0 Å². The Labute approximate surface area is 126 Å². The van der Waals surface area contributed by atoms with E-state index in [1.54, 1.807) is 0 Å². The second-order valence-corrected chi connectivity index (χ2v) is 6.87. The zero-order valence-corrected chi connectivity index (χ0v) is 12.7. The first kappa shape index (κ1) is 13.5. The Bertz CT molecular complexity index is 656. The van der Waals surface area contributed by atoms with Gasteiger partial charge in [-0.1, -0.05) is 42.6 Å². The van der Waals surface area contributed by atoms with E-state index in [1.807, 2.05) is 24.3 Å². The van der Waals surface area contributed by atoms with Gasteiger partial charge in [-0.15, -0.1) is 0 Å². The molecule has 1 aliphatic rings. The van der Waals surface area contributed by atoms with Crippen LogP contribution in [-0.2, 0) is 4.79 Å². The number of rotatable bonds is 3. The van der Waals surface area contributed by atoms with E-state index in [4.69, 9.17) is 18.0 Å². The summed E-state index contributed by atoms with van der Waals surface area (Å²) in [5, 5.41) is 3.48. The van der Waals surface area contributed by atoms with Gasteiger partial charge >= 0.3 is 0 Å². The first-order chi connectivity index (χ1) is 9.51. The Kier molecular flexibility index (Phi) is 3.22. The number of aromatic nitrogens is 1. The third-order valence-corrected chi connectivity index (χ3v) is 5.16. The Morgan fingerprint density at radius 3 is 2.80 bits per heavy atom. The highest BCUT2D eigenvalue weighted by molar-refractivity contribution is 7.80. The molecular weight excluding hydrogens is 290 g/mol. The summed E-state index contributed by atoms with van der Waals surface area (Å²) in [7, 11) is 0. The SMILES string of the molecule is CC1CC(C(=O)Nc2nc3ccccc3s2)(C(N)=S)C1. The van der Waals surface area contributed by atoms with Gasteiger partial charge in [0.05, 0.1) is 20.6 Å². The molecule has 20 heavy (non-hydrogen) atoms. The number of hydrogen-bond donors (Lipinski definition) is 2. The number of amides is 1. The van der Waals surface area contributed by atoms with Crippen LogP contribution in [0.5, 0.6) is 0 Å². The van der Waals surface area contributed by atoms with Crippen LogP contribution in [0.1, 0.15) is 19.8 Å². The van der Waals surface area contributed by atoms with Gasteiger partial charge in [0.25, 0.3) is 0 Å². The second kappa shape index (κ2) is 4.79. The van der Waals surface area contributed by atoms with Crippen LogP contribution < -0.4 is 11.1 Å². The van der Waals surface area contributed by atoms with Crippen molar-refractivity contribution < 1.29 is 4.79 Å². The molecule has 0 radical (unpaired) electrons. The molecule has 0 saturated heterocycles. The average molecular weight is 305 g/mol. The number of carbonyl (C=O) groups excluding carboxylic acids is 1. The first-order valence-electron chi connectivity index (χ1n) is 6.48. The van der Waals surface area contributed by atoms with Crippen molar-refractivity contribution in [2.75, 3.05) is 5.32 Å². The standard InChI is InChI=1S/C14H15N3OS2/c1-8-6-14(7-8,11(15)19)12(18)17-13-16-9-4-2-3-5-10(9)20-13/h2-5,8H,6-7H2,1H3,(H2,15,19)(H,16,17,18). The van der Waals surface area contributed by atoms with E-state index in [0.29, 0.717) is 11.0 Å². The molecule has 1 fully saturated rings. The minimum absolute atomic E-state index is 0.123. The molecule has 3 rings (SSSR count). The smallest absolute Gasteiger partial charge is 0.239 e. The van der Waals surface area contributed by atoms with E-state index in [9.17, 15) is 4.79 Å². The largest absolute Gasteiger partial charge is 0.392 e. The maximum Gasteiger partial charge on any atom is 0.239 e. The van der Waals surface area contributed by atoms with Crippen molar-refractivity contribution in [3.63, 3.8) is 0 Å². The van der Waals surface area contributed by atoms with Gasteiger partial charge < -0.3 is 11.1 Å². The minimum Gasteiger partial charge on any atom is -0.392 e. The average Bonchev–Trinajstić information content (AvgIpc) is 2.76. The molecule has 1 heterocycles. The van der Waals surface area contributed by atoms with Gasteiger partial charge in [-0.2, -0.15) is 0 Å². The lowest BCUT2D eigenvalue weighted by Crippen LogP contribution is -2.53. The molecule has 4 nitrogen and oxygen atoms in total. The van der Waals surface area contributed by atoms with Crippen molar-refractivity contribution >= 4 is 49.8 Å². The van der Waals surface area contributed by atoms with E-state index < -0.39 is 5.41 Å². The molecule has 0 bridgehead atoms. The highest BCUT2D eigenvalue weighted by Crippen LogP contribution is 2.46. The zero-order chi connectivity index (χ0) is 14.3. The molecule has 1 aromatic carbocycles. The molecule has 6 heteroatoms. The highest BCUT2D eigenvalue weighted by Gasteiger charge is 2.51. The Hall–Kier alpha value is -1.53. The molecular formula is C14H15N3OS2. The summed E-state index contributed by atoms with van der Waals surface area (Å²) in [5.41, 5.74) is 5.98. The number of fused-ring (bicyclic) bond motifs is 1. The number of benzene rings is 1. The molecule has 0 unspecified atom stereocenters. The highest BCUT2D eigenvalue weighted by atomic mass is 32.1. The summed E-state index contributed by atoms with van der Waals surface area (Å²) in [4.78, 5) is 17.2. The van der Waals surface area contributed by atoms with E-state index in [2.05, 4.69) is 17.2 Å². The van der Waals surface area contributed by atoms with Gasteiger partial charge in [-0.3, -0.25) is 4.79 Å². The summed E-state index contributed by atoms with van der Waals surface area (Å²) in [6.45, 7) is 2.10. The van der Waals surface area contributed by atoms with E-state index >= 15 is 0 Å². The zero-order valence-electron chi connectivity index (χ0n) is 11.1. The fourth-order valence-corrected chi connectivity index (χ4v) is 3.89. The lowest BCUT2D eigenvalue weighted by molar-refractivity contribution is -0.127. The Morgan fingerprint density at radius 2 is 2.20 bits per heavy atom. The summed E-state index contributed by atoms with van der Waals surface area (Å²) in [6.07, 6.45) is 1.44. The van der Waals surface area contributed by atoms with Gasteiger partial charge in [0.1, 0.15) is 0 Å². The maximum atomic E-state index is 12.5. The van der Waals surface area contributed by atoms with Crippen molar-refractivity contribution in [3.8, 4) is 0 Å². The lowest BCUT2D eigenvalue weighted by Gasteiger charge is -2.43. The number of nitrogens with two attached hydrogens (primary N) is 1. The normalized spacial score (nSPS) is 25.1. The number of thiazole rings is 1. The molecule has 1 aliphatic carbocycles. The molecule has 3 N–H and O–H groups in total. The van der Waals surface area contributed by atoms with Crippen LogP contribution in [0.4, 0.5) is 5.13 Å². The van der Waals surface area contributed by atoms with Crippen LogP contribution >= 0.6 is 23.6 Å². The molecule has 104 valence electrons. The number of carbonyl (C=O) groups is 1. The topological polar surface area (TPSA) is 68.0 Å². The molecule has 1 aromatic heterocycles. The Balaban J connectivity index is 1.83. The van der Waals surface area contributed by atoms with Gasteiger partial charge in [-0.05, 0) is 30.9 Å². The summed E-state index contributed by atoms with van der Waals surface area (Å²) in [5.74, 6) is 0.361. The molecule has 0 aliphatic heterocycles. The third-order valence-electron chi connectivity index (χ3n) is 3.81. The van der Waals surface area contributed by atoms with Crippen LogP contribution in [0.3, 0.4) is 0 Å². The van der Waals surface area contributed by atoms with Crippen LogP contribution in [0.15, 0.2) is 24.3 Å². The third kappa shape index (κ3) is 2.09. The molecule has 0 spiro atoms. The van der Waals surface area contributed by atoms with Crippen molar-refractivity contribution in [2.45, 2.75) is 19.8 Å². The van der Waals surface area contributed by atoms with Crippen LogP contribution in [-0.4, -0.2) is 15.9 Å². The number of hydrogen-bond acceptors (Lipinski definition) is 4. The van der Waals surface area contributed by atoms with E-state index in [0.717, 1.165) is 23.1 Å². The predicted octanol–water partition coefficient (Wildman–Crippen LogP) is 2.94. The molecule has 2 aromatic rings. The number of nitrogens with one attached hydrogen (secondary N) is 1. The molecule has 0 atom stereocenters. The number of para-hydroxylation sites is 1. The van der Waals surface area contributed by atoms with Crippen molar-refractivity contribution in [1.29, 1.82) is 0 Å². The van der Waals surface area contributed by atoms with Gasteiger partial charge in [0.15, 0.2) is 5.13 Å². The summed E-state index contributed by atoms with van der Waals surface area (Å²) in [6, 6.07) is 7.79. The fraction of sp³-hybridized carbons (Fsp3) is 0.357. The molecule has 1 saturated carbocycles. The van der Waals surface area contributed by atoms with Crippen molar-refractivity contribution in [1.82, 2.24) is 4.98 Å². The molecule has 1 amide bonds. The Morgan fingerprint density at radius 1 is 1.50 bits per heavy atom.